The first-order valence-electron chi connectivity index (χ1n) is 7.53. The van der Waals surface area contributed by atoms with E-state index >= 15 is 0 Å². The molecular formula is C19H13Cl2NO4. The van der Waals surface area contributed by atoms with Crippen LogP contribution < -0.4 is 5.32 Å². The summed E-state index contributed by atoms with van der Waals surface area (Å²) in [5.74, 6) is -0.546. The fraction of sp³-hybridized carbons (Fsp3) is 0.0526. The van der Waals surface area contributed by atoms with Crippen LogP contribution in [-0.2, 0) is 4.74 Å². The maximum atomic E-state index is 12.4. The van der Waals surface area contributed by atoms with Crippen LogP contribution in [0.25, 0.3) is 11.3 Å². The van der Waals surface area contributed by atoms with Gasteiger partial charge in [-0.1, -0.05) is 35.3 Å². The fourth-order valence-corrected chi connectivity index (χ4v) is 2.86. The molecule has 0 aliphatic rings. The smallest absolute Gasteiger partial charge is 0.339 e. The third kappa shape index (κ3) is 3.74. The van der Waals surface area contributed by atoms with Crippen molar-refractivity contribution >= 4 is 40.8 Å². The molecule has 26 heavy (non-hydrogen) atoms. The number of carbonyl (C=O) groups is 2. The summed E-state index contributed by atoms with van der Waals surface area (Å²) in [7, 11) is 1.27. The second-order valence-corrected chi connectivity index (χ2v) is 6.12. The van der Waals surface area contributed by atoms with Gasteiger partial charge in [0.25, 0.3) is 5.91 Å². The van der Waals surface area contributed by atoms with Crippen LogP contribution in [0.2, 0.25) is 10.0 Å². The molecule has 0 aliphatic heterocycles. The van der Waals surface area contributed by atoms with E-state index in [9.17, 15) is 9.59 Å². The molecule has 0 saturated carbocycles. The van der Waals surface area contributed by atoms with Gasteiger partial charge >= 0.3 is 5.97 Å². The van der Waals surface area contributed by atoms with Gasteiger partial charge in [-0.05, 0) is 42.5 Å². The summed E-state index contributed by atoms with van der Waals surface area (Å²) < 4.78 is 10.3. The molecule has 0 saturated heterocycles. The molecule has 2 aromatic carbocycles. The van der Waals surface area contributed by atoms with Crippen molar-refractivity contribution in [3.05, 3.63) is 76.0 Å². The highest BCUT2D eigenvalue weighted by atomic mass is 35.5. The van der Waals surface area contributed by atoms with Crippen LogP contribution in [0.1, 0.15) is 20.9 Å². The number of hydrogen-bond donors (Lipinski definition) is 1. The van der Waals surface area contributed by atoms with Gasteiger partial charge in [0, 0.05) is 10.6 Å². The number of amides is 1. The van der Waals surface area contributed by atoms with Crippen LogP contribution in [-0.4, -0.2) is 19.0 Å². The molecule has 0 atom stereocenters. The van der Waals surface area contributed by atoms with Crippen LogP contribution in [0.3, 0.4) is 0 Å². The minimum atomic E-state index is -0.547. The predicted octanol–water partition coefficient (Wildman–Crippen LogP) is 5.29. The van der Waals surface area contributed by atoms with E-state index < -0.39 is 11.9 Å². The van der Waals surface area contributed by atoms with Gasteiger partial charge in [0.15, 0.2) is 5.76 Å². The molecule has 5 nitrogen and oxygen atoms in total. The number of esters is 1. The van der Waals surface area contributed by atoms with E-state index in [1.54, 1.807) is 48.5 Å². The van der Waals surface area contributed by atoms with Crippen molar-refractivity contribution in [1.29, 1.82) is 0 Å². The number of para-hydroxylation sites is 1. The SMILES string of the molecule is COC(=O)c1ccccc1NC(=O)c1ccc(-c2ccc(Cl)cc2Cl)o1. The topological polar surface area (TPSA) is 68.5 Å². The van der Waals surface area contributed by atoms with Gasteiger partial charge in [0.05, 0.1) is 23.4 Å². The van der Waals surface area contributed by atoms with Crippen molar-refractivity contribution in [3.63, 3.8) is 0 Å². The molecule has 7 heteroatoms. The maximum Gasteiger partial charge on any atom is 0.339 e. The molecule has 3 rings (SSSR count). The Bertz CT molecular complexity index is 981. The molecule has 0 spiro atoms. The van der Waals surface area contributed by atoms with E-state index in [-0.39, 0.29) is 11.3 Å². The molecule has 1 N–H and O–H groups in total. The summed E-state index contributed by atoms with van der Waals surface area (Å²) in [6.07, 6.45) is 0. The first kappa shape index (κ1) is 18.0. The van der Waals surface area contributed by atoms with Gasteiger partial charge in [0.2, 0.25) is 0 Å². The Morgan fingerprint density at radius 2 is 1.81 bits per heavy atom. The number of anilines is 1. The average Bonchev–Trinajstić information content (AvgIpc) is 3.11. The van der Waals surface area contributed by atoms with Crippen molar-refractivity contribution < 1.29 is 18.7 Å². The van der Waals surface area contributed by atoms with E-state index in [1.165, 1.54) is 13.2 Å². The summed E-state index contributed by atoms with van der Waals surface area (Å²) >= 11 is 12.0. The number of nitrogens with one attached hydrogen (secondary N) is 1. The lowest BCUT2D eigenvalue weighted by Gasteiger charge is -2.08. The summed E-state index contributed by atoms with van der Waals surface area (Å²) in [5.41, 5.74) is 1.19. The van der Waals surface area contributed by atoms with Crippen LogP contribution in [0.4, 0.5) is 5.69 Å². The molecular weight excluding hydrogens is 377 g/mol. The second-order valence-electron chi connectivity index (χ2n) is 5.28. The van der Waals surface area contributed by atoms with Crippen molar-refractivity contribution in [3.8, 4) is 11.3 Å². The zero-order chi connectivity index (χ0) is 18.7. The lowest BCUT2D eigenvalue weighted by Crippen LogP contribution is -2.14. The van der Waals surface area contributed by atoms with E-state index in [0.29, 0.717) is 27.1 Å². The fourth-order valence-electron chi connectivity index (χ4n) is 2.36. The number of ether oxygens (including phenoxy) is 1. The molecule has 0 aliphatic carbocycles. The Morgan fingerprint density at radius 1 is 1.04 bits per heavy atom. The number of carbonyl (C=O) groups excluding carboxylic acids is 2. The van der Waals surface area contributed by atoms with E-state index in [1.807, 2.05) is 0 Å². The number of rotatable bonds is 4. The first-order valence-corrected chi connectivity index (χ1v) is 8.29. The Morgan fingerprint density at radius 3 is 2.54 bits per heavy atom. The van der Waals surface area contributed by atoms with Crippen molar-refractivity contribution in [1.82, 2.24) is 0 Å². The Labute approximate surface area is 159 Å². The molecule has 0 unspecified atom stereocenters. The highest BCUT2D eigenvalue weighted by molar-refractivity contribution is 6.36. The standard InChI is InChI=1S/C19H13Cl2NO4/c1-25-19(24)13-4-2-3-5-15(13)22-18(23)17-9-8-16(26-17)12-7-6-11(20)10-14(12)21/h2-10H,1H3,(H,22,23). The van der Waals surface area contributed by atoms with Gasteiger partial charge in [0.1, 0.15) is 5.76 Å². The van der Waals surface area contributed by atoms with E-state index in [0.717, 1.165) is 0 Å². The van der Waals surface area contributed by atoms with Crippen molar-refractivity contribution in [2.24, 2.45) is 0 Å². The number of halogens is 2. The van der Waals surface area contributed by atoms with Crippen LogP contribution in [0.15, 0.2) is 59.0 Å². The normalized spacial score (nSPS) is 10.4. The van der Waals surface area contributed by atoms with Gasteiger partial charge in [-0.2, -0.15) is 0 Å². The third-order valence-corrected chi connectivity index (χ3v) is 4.15. The van der Waals surface area contributed by atoms with Gasteiger partial charge < -0.3 is 14.5 Å². The molecule has 1 heterocycles. The van der Waals surface area contributed by atoms with Gasteiger partial charge in [-0.15, -0.1) is 0 Å². The van der Waals surface area contributed by atoms with Gasteiger partial charge in [-0.25, -0.2) is 4.79 Å². The van der Waals surface area contributed by atoms with Crippen LogP contribution in [0.5, 0.6) is 0 Å². The zero-order valence-electron chi connectivity index (χ0n) is 13.6. The predicted molar refractivity (Wildman–Crippen MR) is 99.9 cm³/mol. The minimum Gasteiger partial charge on any atom is -0.465 e. The largest absolute Gasteiger partial charge is 0.465 e. The summed E-state index contributed by atoms with van der Waals surface area (Å²) in [5, 5.41) is 3.56. The summed E-state index contributed by atoms with van der Waals surface area (Å²) in [4.78, 5) is 24.2. The maximum absolute atomic E-state index is 12.4. The molecule has 1 aromatic heterocycles. The zero-order valence-corrected chi connectivity index (χ0v) is 15.1. The second kappa shape index (κ2) is 7.64. The number of furan rings is 1. The number of methoxy groups -OCH3 is 1. The molecule has 132 valence electrons. The third-order valence-electron chi connectivity index (χ3n) is 3.61. The van der Waals surface area contributed by atoms with Crippen molar-refractivity contribution in [2.75, 3.05) is 12.4 Å². The Kier molecular flexibility index (Phi) is 5.30. The number of benzene rings is 2. The molecule has 0 fully saturated rings. The molecule has 3 aromatic rings. The van der Waals surface area contributed by atoms with Gasteiger partial charge in [-0.3, -0.25) is 4.79 Å². The molecule has 1 amide bonds. The van der Waals surface area contributed by atoms with Crippen LogP contribution >= 0.6 is 23.2 Å². The Balaban J connectivity index is 1.84. The highest BCUT2D eigenvalue weighted by Gasteiger charge is 2.17. The molecule has 0 bridgehead atoms. The quantitative estimate of drug-likeness (QED) is 0.615. The highest BCUT2D eigenvalue weighted by Crippen LogP contribution is 2.31. The minimum absolute atomic E-state index is 0.0747. The monoisotopic (exact) mass is 389 g/mol. The Hall–Kier alpha value is -2.76. The van der Waals surface area contributed by atoms with E-state index in [2.05, 4.69) is 5.32 Å². The molecule has 0 radical (unpaired) electrons. The average molecular weight is 390 g/mol. The van der Waals surface area contributed by atoms with E-state index in [4.69, 9.17) is 32.4 Å². The number of hydrogen-bond acceptors (Lipinski definition) is 4. The first-order chi connectivity index (χ1) is 12.5. The van der Waals surface area contributed by atoms with Crippen LogP contribution in [0, 0.1) is 0 Å². The summed E-state index contributed by atoms with van der Waals surface area (Å²) in [6, 6.07) is 14.7. The summed E-state index contributed by atoms with van der Waals surface area (Å²) in [6.45, 7) is 0. The van der Waals surface area contributed by atoms with Crippen molar-refractivity contribution in [2.45, 2.75) is 0 Å². The lowest BCUT2D eigenvalue weighted by molar-refractivity contribution is 0.0602. The lowest BCUT2D eigenvalue weighted by atomic mass is 10.1.